The number of morpholine rings is 1. The van der Waals surface area contributed by atoms with Gasteiger partial charge in [0.1, 0.15) is 0 Å². The quantitative estimate of drug-likeness (QED) is 0.693. The van der Waals surface area contributed by atoms with Crippen LogP contribution in [0.2, 0.25) is 5.02 Å². The number of rotatable bonds is 2. The van der Waals surface area contributed by atoms with E-state index in [9.17, 15) is 13.2 Å². The van der Waals surface area contributed by atoms with E-state index in [4.69, 9.17) is 22.1 Å². The van der Waals surface area contributed by atoms with Gasteiger partial charge in [-0.05, 0) is 12.1 Å². The van der Waals surface area contributed by atoms with Crippen LogP contribution in [0.25, 0.3) is 22.4 Å². The number of aromatic nitrogens is 4. The van der Waals surface area contributed by atoms with E-state index in [1.807, 2.05) is 4.90 Å². The van der Waals surface area contributed by atoms with Crippen LogP contribution in [0.3, 0.4) is 0 Å². The monoisotopic (exact) mass is 410 g/mol. The summed E-state index contributed by atoms with van der Waals surface area (Å²) in [5.74, 6) is 0.562. The maximum Gasteiger partial charge on any atom is 0.416 e. The van der Waals surface area contributed by atoms with Crippen molar-refractivity contribution in [2.75, 3.05) is 36.9 Å². The van der Waals surface area contributed by atoms with Crippen LogP contribution < -0.4 is 10.6 Å². The predicted octanol–water partition coefficient (Wildman–Crippen LogP) is 3.18. The second kappa shape index (κ2) is 7.02. The van der Waals surface area contributed by atoms with Gasteiger partial charge in [-0.15, -0.1) is 0 Å². The molecule has 4 rings (SSSR count). The van der Waals surface area contributed by atoms with Gasteiger partial charge in [0.2, 0.25) is 5.95 Å². The Labute approximate surface area is 162 Å². The maximum absolute atomic E-state index is 12.9. The lowest BCUT2D eigenvalue weighted by Crippen LogP contribution is -2.37. The molecule has 0 amide bonds. The third-order valence-corrected chi connectivity index (χ3v) is 4.60. The normalized spacial score (nSPS) is 15.2. The second-order valence-corrected chi connectivity index (χ2v) is 6.53. The topological polar surface area (TPSA) is 90.0 Å². The van der Waals surface area contributed by atoms with Crippen molar-refractivity contribution in [3.05, 3.63) is 35.0 Å². The number of nitrogens with two attached hydrogens (primary N) is 1. The number of anilines is 2. The van der Waals surface area contributed by atoms with Gasteiger partial charge in [0.25, 0.3) is 0 Å². The minimum Gasteiger partial charge on any atom is -0.378 e. The summed E-state index contributed by atoms with van der Waals surface area (Å²) in [5, 5.41) is -0.0761. The average molecular weight is 411 g/mol. The highest BCUT2D eigenvalue weighted by atomic mass is 35.5. The number of halogens is 4. The molecular formula is C17H14ClF3N6O. The molecule has 1 fully saturated rings. The minimum atomic E-state index is -4.48. The van der Waals surface area contributed by atoms with Gasteiger partial charge in [-0.1, -0.05) is 17.7 Å². The first-order chi connectivity index (χ1) is 13.3. The molecule has 1 aromatic carbocycles. The first-order valence-electron chi connectivity index (χ1n) is 8.33. The van der Waals surface area contributed by atoms with E-state index in [0.717, 1.165) is 12.1 Å². The maximum atomic E-state index is 12.9. The van der Waals surface area contributed by atoms with Crippen molar-refractivity contribution in [3.63, 3.8) is 0 Å². The summed E-state index contributed by atoms with van der Waals surface area (Å²) in [6.07, 6.45) is -3.08. The smallest absolute Gasteiger partial charge is 0.378 e. The summed E-state index contributed by atoms with van der Waals surface area (Å²) in [5.41, 5.74) is 6.28. The van der Waals surface area contributed by atoms with Crippen LogP contribution in [0.4, 0.5) is 24.9 Å². The summed E-state index contributed by atoms with van der Waals surface area (Å²) in [4.78, 5) is 19.1. The predicted molar refractivity (Wildman–Crippen MR) is 98.0 cm³/mol. The van der Waals surface area contributed by atoms with Crippen LogP contribution in [0.15, 0.2) is 24.4 Å². The van der Waals surface area contributed by atoms with Crippen LogP contribution in [-0.2, 0) is 10.9 Å². The zero-order valence-electron chi connectivity index (χ0n) is 14.4. The molecule has 1 saturated heterocycles. The number of hydrogen-bond donors (Lipinski definition) is 1. The van der Waals surface area contributed by atoms with Crippen molar-refractivity contribution in [1.82, 2.24) is 19.9 Å². The molecule has 0 bridgehead atoms. The van der Waals surface area contributed by atoms with Crippen molar-refractivity contribution in [2.45, 2.75) is 6.18 Å². The number of alkyl halides is 3. The SMILES string of the molecule is Nc1nc(N2CCOCC2)c2nc(-c3ccc(C(F)(F)F)cc3Cl)cnc2n1. The molecule has 28 heavy (non-hydrogen) atoms. The molecule has 1 aliphatic heterocycles. The first-order valence-corrected chi connectivity index (χ1v) is 8.71. The fourth-order valence-electron chi connectivity index (χ4n) is 2.93. The minimum absolute atomic E-state index is 0.0589. The standard InChI is InChI=1S/C17H14ClF3N6O/c18-11-7-9(17(19,20)21)1-2-10(11)12-8-23-14-13(24-12)15(26-16(22)25-14)27-3-5-28-6-4-27/h1-2,7-8H,3-6H2,(H2,22,23,25,26). The van der Waals surface area contributed by atoms with Crippen LogP contribution in [-0.4, -0.2) is 46.2 Å². The Morgan fingerprint density at radius 1 is 1.11 bits per heavy atom. The van der Waals surface area contributed by atoms with Crippen LogP contribution in [0.5, 0.6) is 0 Å². The Morgan fingerprint density at radius 2 is 1.86 bits per heavy atom. The van der Waals surface area contributed by atoms with Crippen molar-refractivity contribution in [2.24, 2.45) is 0 Å². The highest BCUT2D eigenvalue weighted by Gasteiger charge is 2.31. The summed E-state index contributed by atoms with van der Waals surface area (Å²) in [6.45, 7) is 2.25. The van der Waals surface area contributed by atoms with Crippen molar-refractivity contribution >= 4 is 34.5 Å². The Kier molecular flexibility index (Phi) is 4.68. The van der Waals surface area contributed by atoms with E-state index >= 15 is 0 Å². The molecule has 0 unspecified atom stereocenters. The molecule has 1 aliphatic rings. The molecule has 3 aromatic rings. The highest BCUT2D eigenvalue weighted by Crippen LogP contribution is 2.35. The van der Waals surface area contributed by atoms with Gasteiger partial charge in [-0.2, -0.15) is 23.1 Å². The molecule has 3 heterocycles. The average Bonchev–Trinajstić information content (AvgIpc) is 2.67. The molecule has 146 valence electrons. The fraction of sp³-hybridized carbons (Fsp3) is 0.294. The molecule has 0 spiro atoms. The van der Waals surface area contributed by atoms with E-state index in [2.05, 4.69) is 19.9 Å². The summed E-state index contributed by atoms with van der Waals surface area (Å²) in [6, 6.07) is 3.09. The molecule has 7 nitrogen and oxygen atoms in total. The summed E-state index contributed by atoms with van der Waals surface area (Å²) in [7, 11) is 0. The Hall–Kier alpha value is -2.72. The molecule has 0 saturated carbocycles. The molecule has 0 radical (unpaired) electrons. The number of nitrogen functional groups attached to an aromatic ring is 1. The van der Waals surface area contributed by atoms with Gasteiger partial charge in [-0.25, -0.2) is 9.97 Å². The van der Waals surface area contributed by atoms with Crippen LogP contribution in [0, 0.1) is 0 Å². The Bertz CT molecular complexity index is 1040. The molecular weight excluding hydrogens is 397 g/mol. The molecule has 2 aromatic heterocycles. The molecule has 2 N–H and O–H groups in total. The van der Waals surface area contributed by atoms with Crippen LogP contribution in [0.1, 0.15) is 5.56 Å². The largest absolute Gasteiger partial charge is 0.416 e. The van der Waals surface area contributed by atoms with E-state index in [-0.39, 0.29) is 11.0 Å². The number of fused-ring (bicyclic) bond motifs is 1. The van der Waals surface area contributed by atoms with Crippen LogP contribution >= 0.6 is 11.6 Å². The van der Waals surface area contributed by atoms with E-state index in [1.54, 1.807) is 0 Å². The van der Waals surface area contributed by atoms with Gasteiger partial charge in [0, 0.05) is 18.7 Å². The summed E-state index contributed by atoms with van der Waals surface area (Å²) < 4.78 is 44.0. The zero-order valence-corrected chi connectivity index (χ0v) is 15.1. The van der Waals surface area contributed by atoms with Crippen molar-refractivity contribution < 1.29 is 17.9 Å². The van der Waals surface area contributed by atoms with Crippen molar-refractivity contribution in [3.8, 4) is 11.3 Å². The van der Waals surface area contributed by atoms with E-state index in [1.165, 1.54) is 12.3 Å². The lowest BCUT2D eigenvalue weighted by Gasteiger charge is -2.28. The first kappa shape index (κ1) is 18.6. The molecule has 0 atom stereocenters. The van der Waals surface area contributed by atoms with Gasteiger partial charge in [0.15, 0.2) is 17.0 Å². The van der Waals surface area contributed by atoms with Gasteiger partial charge >= 0.3 is 6.18 Å². The van der Waals surface area contributed by atoms with Gasteiger partial charge < -0.3 is 15.4 Å². The number of nitrogens with zero attached hydrogens (tertiary/aromatic N) is 5. The number of ether oxygens (including phenoxy) is 1. The van der Waals surface area contributed by atoms with Crippen molar-refractivity contribution in [1.29, 1.82) is 0 Å². The third-order valence-electron chi connectivity index (χ3n) is 4.29. The lowest BCUT2D eigenvalue weighted by atomic mass is 10.1. The Balaban J connectivity index is 1.82. The fourth-order valence-corrected chi connectivity index (χ4v) is 3.21. The zero-order chi connectivity index (χ0) is 19.9. The number of hydrogen-bond acceptors (Lipinski definition) is 7. The highest BCUT2D eigenvalue weighted by molar-refractivity contribution is 6.33. The van der Waals surface area contributed by atoms with E-state index in [0.29, 0.717) is 54.5 Å². The summed E-state index contributed by atoms with van der Waals surface area (Å²) >= 11 is 6.09. The van der Waals surface area contributed by atoms with Gasteiger partial charge in [-0.3, -0.25) is 0 Å². The number of benzene rings is 1. The van der Waals surface area contributed by atoms with Gasteiger partial charge in [0.05, 0.1) is 35.7 Å². The molecule has 11 heteroatoms. The third kappa shape index (κ3) is 3.52. The second-order valence-electron chi connectivity index (χ2n) is 6.12. The van der Waals surface area contributed by atoms with E-state index < -0.39 is 11.7 Å². The Morgan fingerprint density at radius 3 is 2.54 bits per heavy atom. The lowest BCUT2D eigenvalue weighted by molar-refractivity contribution is -0.137. The molecule has 0 aliphatic carbocycles.